The van der Waals surface area contributed by atoms with E-state index in [0.29, 0.717) is 42.4 Å². The Labute approximate surface area is 320 Å². The number of aryl methyl sites for hydroxylation is 6. The Morgan fingerprint density at radius 1 is 1.00 bits per heavy atom. The standard InChI is InChI=1S/C42H46Cl2N6O3/c1-21(2)27-17-28-19-34(41(45)51)47(8)38(28)33(18-27)49-20-24(5)50-39-31(12-13-32(43)36(39)35-25(6)46-48(9)26(35)7)30(40(50)42(49)52)11-10-14-53-29-15-22(3)37(44)23(4)16-29/h12-13,15-19,21,24H,10-11,14,20H2,1-9H3,(H2,45,51). The van der Waals surface area contributed by atoms with Gasteiger partial charge in [-0.05, 0) is 112 Å². The number of hydrogen-bond donors (Lipinski definition) is 1. The van der Waals surface area contributed by atoms with Gasteiger partial charge in [0, 0.05) is 59.3 Å². The summed E-state index contributed by atoms with van der Waals surface area (Å²) >= 11 is 13.5. The number of ether oxygens (including phenoxy) is 1. The van der Waals surface area contributed by atoms with Crippen LogP contribution in [0, 0.1) is 27.7 Å². The van der Waals surface area contributed by atoms with Crippen molar-refractivity contribution >= 4 is 62.5 Å². The van der Waals surface area contributed by atoms with Gasteiger partial charge < -0.3 is 24.5 Å². The number of halogens is 2. The van der Waals surface area contributed by atoms with Gasteiger partial charge in [0.1, 0.15) is 17.1 Å². The number of anilines is 1. The van der Waals surface area contributed by atoms with Gasteiger partial charge in [0.15, 0.2) is 0 Å². The molecule has 1 atom stereocenters. The molecular formula is C42H46Cl2N6O3. The minimum absolute atomic E-state index is 0.107. The van der Waals surface area contributed by atoms with Gasteiger partial charge in [-0.2, -0.15) is 5.10 Å². The topological polar surface area (TPSA) is 100 Å². The van der Waals surface area contributed by atoms with E-state index in [2.05, 4.69) is 37.5 Å². The molecule has 4 heterocycles. The zero-order valence-corrected chi connectivity index (χ0v) is 33.3. The van der Waals surface area contributed by atoms with E-state index >= 15 is 4.79 Å². The molecule has 0 aliphatic carbocycles. The van der Waals surface area contributed by atoms with Crippen LogP contribution in [0.5, 0.6) is 5.75 Å². The molecule has 3 aromatic carbocycles. The van der Waals surface area contributed by atoms with E-state index in [-0.39, 0.29) is 17.9 Å². The summed E-state index contributed by atoms with van der Waals surface area (Å²) in [7, 11) is 3.77. The lowest BCUT2D eigenvalue weighted by Gasteiger charge is -2.35. The van der Waals surface area contributed by atoms with Crippen LogP contribution in [0.3, 0.4) is 0 Å². The molecule has 1 unspecified atom stereocenters. The first kappa shape index (κ1) is 36.6. The minimum atomic E-state index is -0.516. The largest absolute Gasteiger partial charge is 0.494 e. The number of fused-ring (bicyclic) bond motifs is 4. The van der Waals surface area contributed by atoms with E-state index in [1.54, 1.807) is 0 Å². The summed E-state index contributed by atoms with van der Waals surface area (Å²) in [6.45, 7) is 15.3. The molecule has 1 aliphatic heterocycles. The maximum absolute atomic E-state index is 15.3. The lowest BCUT2D eigenvalue weighted by Crippen LogP contribution is -2.43. The van der Waals surface area contributed by atoms with E-state index in [4.69, 9.17) is 38.8 Å². The van der Waals surface area contributed by atoms with Crippen LogP contribution in [0.25, 0.3) is 32.9 Å². The van der Waals surface area contributed by atoms with Crippen LogP contribution in [-0.2, 0) is 20.5 Å². The van der Waals surface area contributed by atoms with Crippen molar-refractivity contribution in [2.75, 3.05) is 18.1 Å². The molecule has 53 heavy (non-hydrogen) atoms. The average molecular weight is 754 g/mol. The number of hydrogen-bond acceptors (Lipinski definition) is 4. The summed E-state index contributed by atoms with van der Waals surface area (Å²) in [6, 6.07) is 13.8. The molecule has 2 amide bonds. The Morgan fingerprint density at radius 2 is 1.70 bits per heavy atom. The minimum Gasteiger partial charge on any atom is -0.494 e. The molecule has 0 spiro atoms. The van der Waals surface area contributed by atoms with Crippen LogP contribution in [0.2, 0.25) is 10.0 Å². The number of benzene rings is 3. The van der Waals surface area contributed by atoms with E-state index in [1.807, 2.05) is 86.3 Å². The highest BCUT2D eigenvalue weighted by Gasteiger charge is 2.38. The lowest BCUT2D eigenvalue weighted by atomic mass is 9.98. The van der Waals surface area contributed by atoms with Crippen LogP contribution in [0.1, 0.15) is 93.8 Å². The molecule has 0 bridgehead atoms. The molecule has 276 valence electrons. The van der Waals surface area contributed by atoms with Crippen molar-refractivity contribution in [1.29, 1.82) is 0 Å². The normalized spacial score (nSPS) is 14.6. The number of carbonyl (C=O) groups is 2. The van der Waals surface area contributed by atoms with Crippen LogP contribution >= 0.6 is 23.2 Å². The Bertz CT molecular complexity index is 2460. The molecule has 6 aromatic rings. The summed E-state index contributed by atoms with van der Waals surface area (Å²) in [5.41, 5.74) is 17.0. The van der Waals surface area contributed by atoms with Gasteiger partial charge in [-0.25, -0.2) is 0 Å². The number of carbonyl (C=O) groups excluding carboxylic acids is 2. The van der Waals surface area contributed by atoms with Crippen molar-refractivity contribution in [3.05, 3.63) is 97.5 Å². The maximum atomic E-state index is 15.3. The molecule has 0 saturated carbocycles. The first-order chi connectivity index (χ1) is 25.1. The fraction of sp³-hybridized carbons (Fsp3) is 0.357. The molecule has 0 saturated heterocycles. The summed E-state index contributed by atoms with van der Waals surface area (Å²) in [4.78, 5) is 29.7. The second-order valence-electron chi connectivity index (χ2n) is 14.9. The van der Waals surface area contributed by atoms with Gasteiger partial charge in [-0.3, -0.25) is 14.3 Å². The Hall–Kier alpha value is -4.73. The van der Waals surface area contributed by atoms with Crippen molar-refractivity contribution in [3.8, 4) is 16.9 Å². The Morgan fingerprint density at radius 3 is 2.32 bits per heavy atom. The first-order valence-corrected chi connectivity index (χ1v) is 18.9. The highest BCUT2D eigenvalue weighted by Crippen LogP contribution is 2.46. The van der Waals surface area contributed by atoms with Gasteiger partial charge in [-0.1, -0.05) is 43.1 Å². The number of aromatic nitrogens is 4. The lowest BCUT2D eigenvalue weighted by molar-refractivity contribution is 0.0956. The van der Waals surface area contributed by atoms with Crippen molar-refractivity contribution in [2.24, 2.45) is 19.8 Å². The monoisotopic (exact) mass is 752 g/mol. The zero-order valence-electron chi connectivity index (χ0n) is 31.8. The van der Waals surface area contributed by atoms with Crippen LogP contribution in [0.15, 0.2) is 42.5 Å². The van der Waals surface area contributed by atoms with Gasteiger partial charge in [-0.15, -0.1) is 0 Å². The van der Waals surface area contributed by atoms with Crippen LogP contribution in [-0.4, -0.2) is 43.9 Å². The van der Waals surface area contributed by atoms with Crippen LogP contribution in [0.4, 0.5) is 5.69 Å². The van der Waals surface area contributed by atoms with Gasteiger partial charge in [0.25, 0.3) is 11.8 Å². The highest BCUT2D eigenvalue weighted by molar-refractivity contribution is 6.35. The first-order valence-electron chi connectivity index (χ1n) is 18.1. The zero-order chi connectivity index (χ0) is 38.2. The summed E-state index contributed by atoms with van der Waals surface area (Å²) < 4.78 is 12.1. The molecule has 1 aliphatic rings. The van der Waals surface area contributed by atoms with Crippen molar-refractivity contribution in [1.82, 2.24) is 18.9 Å². The van der Waals surface area contributed by atoms with Gasteiger partial charge in [0.2, 0.25) is 0 Å². The van der Waals surface area contributed by atoms with Crippen LogP contribution < -0.4 is 15.4 Å². The second kappa shape index (κ2) is 13.6. The van der Waals surface area contributed by atoms with E-state index in [1.165, 1.54) is 0 Å². The number of amides is 2. The quantitative estimate of drug-likeness (QED) is 0.149. The fourth-order valence-electron chi connectivity index (χ4n) is 8.22. The second-order valence-corrected chi connectivity index (χ2v) is 15.6. The highest BCUT2D eigenvalue weighted by atomic mass is 35.5. The molecule has 0 fully saturated rings. The summed E-state index contributed by atoms with van der Waals surface area (Å²) in [6.07, 6.45) is 1.27. The molecule has 7 rings (SSSR count). The number of rotatable bonds is 9. The molecule has 9 nitrogen and oxygen atoms in total. The van der Waals surface area contributed by atoms with Crippen molar-refractivity contribution < 1.29 is 14.3 Å². The van der Waals surface area contributed by atoms with E-state index in [9.17, 15) is 4.79 Å². The Kier molecular flexibility index (Phi) is 9.40. The summed E-state index contributed by atoms with van der Waals surface area (Å²) in [5, 5.41) is 7.94. The molecule has 2 N–H and O–H groups in total. The fourth-order valence-corrected chi connectivity index (χ4v) is 8.57. The SMILES string of the molecule is Cc1cc(OCCCc2c3n(c4c(-c5c(C)nn(C)c5C)c(Cl)ccc24)C(C)CN(c2cc(C(C)C)cc4cc(C(N)=O)n(C)c24)C3=O)cc(C)c1Cl. The molecular weight excluding hydrogens is 707 g/mol. The number of primary amides is 1. The van der Waals surface area contributed by atoms with Crippen molar-refractivity contribution in [2.45, 2.75) is 73.3 Å². The third kappa shape index (κ3) is 5.98. The van der Waals surface area contributed by atoms with Gasteiger partial charge >= 0.3 is 0 Å². The Balaban J connectivity index is 1.41. The number of nitrogens with zero attached hydrogens (tertiary/aromatic N) is 5. The molecule has 3 aromatic heterocycles. The van der Waals surface area contributed by atoms with E-state index < -0.39 is 5.91 Å². The molecule has 0 radical (unpaired) electrons. The third-order valence-electron chi connectivity index (χ3n) is 10.9. The maximum Gasteiger partial charge on any atom is 0.275 e. The smallest absolute Gasteiger partial charge is 0.275 e. The molecule has 11 heteroatoms. The van der Waals surface area contributed by atoms with E-state index in [0.717, 1.165) is 83.0 Å². The van der Waals surface area contributed by atoms with Crippen molar-refractivity contribution in [3.63, 3.8) is 0 Å². The predicted molar refractivity (Wildman–Crippen MR) is 215 cm³/mol. The average Bonchev–Trinajstić information content (AvgIpc) is 3.71. The third-order valence-corrected chi connectivity index (χ3v) is 11.8. The number of nitrogens with two attached hydrogens (primary N) is 1. The predicted octanol–water partition coefficient (Wildman–Crippen LogP) is 9.53. The summed E-state index contributed by atoms with van der Waals surface area (Å²) in [5.74, 6) is 0.342. The van der Waals surface area contributed by atoms with Gasteiger partial charge in [0.05, 0.1) is 34.0 Å².